The van der Waals surface area contributed by atoms with Crippen molar-refractivity contribution in [3.05, 3.63) is 71.0 Å². The van der Waals surface area contributed by atoms with Crippen molar-refractivity contribution in [1.82, 2.24) is 4.90 Å². The molecule has 1 atom stereocenters. The van der Waals surface area contributed by atoms with Crippen LogP contribution in [0, 0.1) is 11.7 Å². The molecule has 2 aromatic carbocycles. The summed E-state index contributed by atoms with van der Waals surface area (Å²) in [4.78, 5) is 19.0. The Morgan fingerprint density at radius 1 is 1.19 bits per heavy atom. The lowest BCUT2D eigenvalue weighted by molar-refractivity contribution is -0.129. The summed E-state index contributed by atoms with van der Waals surface area (Å²) < 4.78 is 42.1. The number of aliphatic imine (C=N–C) groups is 1. The number of nitrogens with zero attached hydrogens (tertiary/aromatic N) is 2. The van der Waals surface area contributed by atoms with Gasteiger partial charge in [0, 0.05) is 12.6 Å². The number of amides is 1. The maximum Gasteiger partial charge on any atom is 0.306 e. The standard InChI is InChI=1S/C22H22FN3O4S/c1-26-20(27)22(25-21(26)24,16-7-10-18(11-8-16)30-31(2,28)29)17-9-12-19(23)15(13-17)6-5-14-3-4-14/h5-14H,3-4H2,1-2H3,(H2,24,25). The molecule has 2 aromatic rings. The zero-order valence-electron chi connectivity index (χ0n) is 17.1. The van der Waals surface area contributed by atoms with Gasteiger partial charge in [-0.05, 0) is 54.2 Å². The average Bonchev–Trinajstić information content (AvgIpc) is 3.51. The second kappa shape index (κ2) is 7.49. The molecule has 31 heavy (non-hydrogen) atoms. The largest absolute Gasteiger partial charge is 0.383 e. The van der Waals surface area contributed by atoms with Gasteiger partial charge in [-0.2, -0.15) is 8.42 Å². The summed E-state index contributed by atoms with van der Waals surface area (Å²) in [6, 6.07) is 10.4. The highest BCUT2D eigenvalue weighted by molar-refractivity contribution is 7.86. The minimum Gasteiger partial charge on any atom is -0.383 e. The van der Waals surface area contributed by atoms with Gasteiger partial charge in [-0.25, -0.2) is 9.38 Å². The molecule has 0 saturated heterocycles. The van der Waals surface area contributed by atoms with Crippen molar-refractivity contribution in [1.29, 1.82) is 0 Å². The third-order valence-corrected chi connectivity index (χ3v) is 5.84. The smallest absolute Gasteiger partial charge is 0.306 e. The number of hydrogen-bond acceptors (Lipinski definition) is 6. The summed E-state index contributed by atoms with van der Waals surface area (Å²) in [6.07, 6.45) is 6.81. The van der Waals surface area contributed by atoms with Crippen molar-refractivity contribution >= 4 is 28.1 Å². The Labute approximate surface area is 180 Å². The van der Waals surface area contributed by atoms with Crippen LogP contribution in [-0.2, 0) is 20.5 Å². The number of carbonyl (C=O) groups excluding carboxylic acids is 1. The van der Waals surface area contributed by atoms with E-state index in [9.17, 15) is 17.6 Å². The van der Waals surface area contributed by atoms with Crippen LogP contribution in [0.3, 0.4) is 0 Å². The third-order valence-electron chi connectivity index (χ3n) is 5.34. The maximum atomic E-state index is 14.4. The molecule has 0 spiro atoms. The van der Waals surface area contributed by atoms with E-state index >= 15 is 0 Å². The molecule has 9 heteroatoms. The Morgan fingerprint density at radius 2 is 1.84 bits per heavy atom. The first kappa shape index (κ1) is 21.0. The number of rotatable bonds is 6. The average molecular weight is 444 g/mol. The number of guanidine groups is 1. The van der Waals surface area contributed by atoms with E-state index in [0.717, 1.165) is 19.1 Å². The van der Waals surface area contributed by atoms with Gasteiger partial charge in [0.05, 0.1) is 6.26 Å². The molecule has 1 fully saturated rings. The van der Waals surface area contributed by atoms with Gasteiger partial charge in [0.25, 0.3) is 5.91 Å². The van der Waals surface area contributed by atoms with Gasteiger partial charge in [-0.3, -0.25) is 9.69 Å². The van der Waals surface area contributed by atoms with Crippen LogP contribution in [-0.4, -0.2) is 38.5 Å². The highest BCUT2D eigenvalue weighted by Gasteiger charge is 2.49. The van der Waals surface area contributed by atoms with E-state index in [-0.39, 0.29) is 11.7 Å². The Bertz CT molecular complexity index is 1200. The molecule has 1 aliphatic carbocycles. The maximum absolute atomic E-state index is 14.4. The summed E-state index contributed by atoms with van der Waals surface area (Å²) in [5, 5.41) is 0. The molecule has 162 valence electrons. The van der Waals surface area contributed by atoms with E-state index in [1.54, 1.807) is 24.3 Å². The lowest BCUT2D eigenvalue weighted by Crippen LogP contribution is -2.41. The van der Waals surface area contributed by atoms with Gasteiger partial charge in [0.1, 0.15) is 11.6 Å². The number of likely N-dealkylation sites (N-methyl/N-ethyl adjacent to an activating group) is 1. The number of benzene rings is 2. The monoisotopic (exact) mass is 443 g/mol. The molecular weight excluding hydrogens is 421 g/mol. The van der Waals surface area contributed by atoms with Crippen molar-refractivity contribution in [3.63, 3.8) is 0 Å². The van der Waals surface area contributed by atoms with E-state index in [4.69, 9.17) is 9.92 Å². The van der Waals surface area contributed by atoms with Crippen LogP contribution in [0.4, 0.5) is 4.39 Å². The fourth-order valence-corrected chi connectivity index (χ4v) is 4.00. The van der Waals surface area contributed by atoms with Gasteiger partial charge >= 0.3 is 10.1 Å². The first-order valence-corrected chi connectivity index (χ1v) is 11.5. The zero-order valence-corrected chi connectivity index (χ0v) is 17.9. The quantitative estimate of drug-likeness (QED) is 0.692. The molecule has 7 nitrogen and oxygen atoms in total. The lowest BCUT2D eigenvalue weighted by Gasteiger charge is -2.26. The van der Waals surface area contributed by atoms with Gasteiger partial charge in [0.15, 0.2) is 11.5 Å². The molecule has 1 heterocycles. The highest BCUT2D eigenvalue weighted by Crippen LogP contribution is 2.41. The Morgan fingerprint density at radius 3 is 2.39 bits per heavy atom. The molecule has 2 N–H and O–H groups in total. The van der Waals surface area contributed by atoms with E-state index in [1.807, 2.05) is 6.08 Å². The Balaban J connectivity index is 1.82. The van der Waals surface area contributed by atoms with Gasteiger partial charge in [-0.1, -0.05) is 30.4 Å². The number of hydrogen-bond donors (Lipinski definition) is 1. The van der Waals surface area contributed by atoms with Gasteiger partial charge < -0.3 is 9.92 Å². The first-order chi connectivity index (χ1) is 14.6. The van der Waals surface area contributed by atoms with Crippen LogP contribution >= 0.6 is 0 Å². The van der Waals surface area contributed by atoms with Crippen LogP contribution in [0.15, 0.2) is 53.5 Å². The number of nitrogens with two attached hydrogens (primary N) is 1. The second-order valence-corrected chi connectivity index (χ2v) is 9.36. The molecule has 0 aromatic heterocycles. The Kier molecular flexibility index (Phi) is 5.09. The van der Waals surface area contributed by atoms with E-state index in [2.05, 4.69) is 4.99 Å². The highest BCUT2D eigenvalue weighted by atomic mass is 32.2. The summed E-state index contributed by atoms with van der Waals surface area (Å²) in [7, 11) is -2.18. The van der Waals surface area contributed by atoms with Crippen molar-refractivity contribution in [2.75, 3.05) is 13.3 Å². The Hall–Kier alpha value is -3.20. The van der Waals surface area contributed by atoms with Crippen LogP contribution in [0.25, 0.3) is 6.08 Å². The van der Waals surface area contributed by atoms with Crippen LogP contribution < -0.4 is 9.92 Å². The van der Waals surface area contributed by atoms with Crippen LogP contribution in [0.5, 0.6) is 5.75 Å². The second-order valence-electron chi connectivity index (χ2n) is 7.79. The van der Waals surface area contributed by atoms with Crippen LogP contribution in [0.2, 0.25) is 0 Å². The van der Waals surface area contributed by atoms with Gasteiger partial charge in [-0.15, -0.1) is 0 Å². The molecule has 0 bridgehead atoms. The predicted octanol–water partition coefficient (Wildman–Crippen LogP) is 2.62. The van der Waals surface area contributed by atoms with E-state index in [1.165, 1.54) is 36.2 Å². The lowest BCUT2D eigenvalue weighted by atomic mass is 9.82. The van der Waals surface area contributed by atoms with Crippen molar-refractivity contribution in [2.24, 2.45) is 16.6 Å². The fourth-order valence-electron chi connectivity index (χ4n) is 3.54. The molecular formula is C22H22FN3O4S. The summed E-state index contributed by atoms with van der Waals surface area (Å²) in [5.41, 5.74) is 5.72. The molecule has 1 unspecified atom stereocenters. The van der Waals surface area contributed by atoms with Crippen LogP contribution in [0.1, 0.15) is 29.5 Å². The fraction of sp³-hybridized carbons (Fsp3) is 0.273. The summed E-state index contributed by atoms with van der Waals surface area (Å²) in [6.45, 7) is 0. The molecule has 1 aliphatic heterocycles. The SMILES string of the molecule is CN1C(=O)C(c2ccc(OS(C)(=O)=O)cc2)(c2ccc(F)c(C=CC3CC3)c2)N=C1N. The topological polar surface area (TPSA) is 102 Å². The van der Waals surface area contributed by atoms with Crippen molar-refractivity contribution in [2.45, 2.75) is 18.4 Å². The number of carbonyl (C=O) groups is 1. The molecule has 4 rings (SSSR count). The van der Waals surface area contributed by atoms with Gasteiger partial charge in [0.2, 0.25) is 0 Å². The molecule has 2 aliphatic rings. The number of halogens is 1. The first-order valence-electron chi connectivity index (χ1n) is 9.72. The third kappa shape index (κ3) is 4.05. The summed E-state index contributed by atoms with van der Waals surface area (Å²) >= 11 is 0. The summed E-state index contributed by atoms with van der Waals surface area (Å²) in [5.74, 6) is -0.202. The van der Waals surface area contributed by atoms with Crippen molar-refractivity contribution in [3.8, 4) is 5.75 Å². The van der Waals surface area contributed by atoms with E-state index in [0.29, 0.717) is 22.6 Å². The van der Waals surface area contributed by atoms with Crippen molar-refractivity contribution < 1.29 is 21.8 Å². The predicted molar refractivity (Wildman–Crippen MR) is 115 cm³/mol. The number of allylic oxidation sites excluding steroid dienone is 1. The minimum atomic E-state index is -3.70. The molecule has 1 saturated carbocycles. The normalized spacial score (nSPS) is 21.6. The molecule has 1 amide bonds. The van der Waals surface area contributed by atoms with E-state index < -0.39 is 27.4 Å². The minimum absolute atomic E-state index is 0.0286. The molecule has 0 radical (unpaired) electrons. The zero-order chi connectivity index (χ0) is 22.4.